The van der Waals surface area contributed by atoms with Crippen LogP contribution in [0.1, 0.15) is 56.2 Å². The minimum absolute atomic E-state index is 0.111. The van der Waals surface area contributed by atoms with Gasteiger partial charge in [0, 0.05) is 73.4 Å². The predicted octanol–water partition coefficient (Wildman–Crippen LogP) is 7.89. The average molecular weight is 748 g/mol. The fraction of sp³-hybridized carbons (Fsp3) is 0.263. The summed E-state index contributed by atoms with van der Waals surface area (Å²) in [6.07, 6.45) is 0. The molecule has 262 valence electrons. The molecule has 0 aliphatic carbocycles. The molecule has 1 aromatic heterocycles. The Hall–Kier alpha value is -4.84. The van der Waals surface area contributed by atoms with Gasteiger partial charge < -0.3 is 28.7 Å². The maximum absolute atomic E-state index is 14.6. The van der Waals surface area contributed by atoms with Crippen molar-refractivity contribution in [3.63, 3.8) is 0 Å². The number of ether oxygens (including phenoxy) is 4. The van der Waals surface area contributed by atoms with E-state index in [2.05, 4.69) is 0 Å². The summed E-state index contributed by atoms with van der Waals surface area (Å²) in [6, 6.07) is 18.4. The zero-order valence-electron chi connectivity index (χ0n) is 28.1. The lowest BCUT2D eigenvalue weighted by atomic mass is 9.95. The second kappa shape index (κ2) is 13.7. The SMILES string of the molecule is COc1c(C(=O)N2CC(CCl)c3c2cc(OC(C)=O)c2ccccc32)sc(C(=O)N2CC(CCl)c3c2cc(OC(C)=O)c2ccccc32)c1OC. The van der Waals surface area contributed by atoms with Crippen LogP contribution in [-0.2, 0) is 9.59 Å². The first-order valence-electron chi connectivity index (χ1n) is 16.1. The van der Waals surface area contributed by atoms with Gasteiger partial charge in [0.25, 0.3) is 11.8 Å². The fourth-order valence-corrected chi connectivity index (χ4v) is 8.88. The van der Waals surface area contributed by atoms with Gasteiger partial charge in [-0.15, -0.1) is 34.5 Å². The van der Waals surface area contributed by atoms with Gasteiger partial charge in [0.05, 0.1) is 25.6 Å². The van der Waals surface area contributed by atoms with Crippen LogP contribution in [0, 0.1) is 0 Å². The summed E-state index contributed by atoms with van der Waals surface area (Å²) in [4.78, 5) is 56.8. The van der Waals surface area contributed by atoms with Crippen LogP contribution < -0.4 is 28.7 Å². The first-order valence-corrected chi connectivity index (χ1v) is 18.0. The van der Waals surface area contributed by atoms with E-state index < -0.39 is 23.8 Å². The first kappa shape index (κ1) is 34.6. The number of carbonyl (C=O) groups is 4. The molecule has 2 atom stereocenters. The summed E-state index contributed by atoms with van der Waals surface area (Å²) in [7, 11) is 2.82. The number of hydrogen-bond acceptors (Lipinski definition) is 9. The van der Waals surface area contributed by atoms with Gasteiger partial charge in [-0.2, -0.15) is 0 Å². The highest BCUT2D eigenvalue weighted by Crippen LogP contribution is 2.51. The zero-order valence-corrected chi connectivity index (χ0v) is 30.4. The molecule has 0 saturated carbocycles. The zero-order chi connectivity index (χ0) is 36.1. The van der Waals surface area contributed by atoms with E-state index >= 15 is 0 Å². The Bertz CT molecular complexity index is 2110. The number of halogens is 2. The second-order valence-corrected chi connectivity index (χ2v) is 13.9. The number of rotatable bonds is 8. The van der Waals surface area contributed by atoms with Gasteiger partial charge >= 0.3 is 11.9 Å². The number of esters is 2. The molecule has 13 heteroatoms. The minimum atomic E-state index is -0.495. The molecule has 0 radical (unpaired) electrons. The average Bonchev–Trinajstić information content (AvgIpc) is 3.82. The number of benzene rings is 4. The number of anilines is 2. The number of amides is 2. The molecular formula is C38H32Cl2N2O8S. The Kier molecular flexibility index (Phi) is 9.30. The van der Waals surface area contributed by atoms with E-state index in [-0.39, 0.29) is 57.9 Å². The van der Waals surface area contributed by atoms with Crippen LogP contribution >= 0.6 is 34.5 Å². The second-order valence-electron chi connectivity index (χ2n) is 12.3. The lowest BCUT2D eigenvalue weighted by Crippen LogP contribution is -2.30. The van der Waals surface area contributed by atoms with Crippen molar-refractivity contribution in [1.29, 1.82) is 0 Å². The van der Waals surface area contributed by atoms with Crippen LogP contribution in [0.2, 0.25) is 0 Å². The van der Waals surface area contributed by atoms with Crippen LogP contribution in [0.25, 0.3) is 21.5 Å². The predicted molar refractivity (Wildman–Crippen MR) is 198 cm³/mol. The molecule has 2 amide bonds. The first-order chi connectivity index (χ1) is 24.6. The van der Waals surface area contributed by atoms with Crippen LogP contribution in [0.5, 0.6) is 23.0 Å². The number of alkyl halides is 2. The van der Waals surface area contributed by atoms with Crippen molar-refractivity contribution >= 4 is 91.2 Å². The molecule has 0 fully saturated rings. The summed E-state index contributed by atoms with van der Waals surface area (Å²) in [6.45, 7) is 3.14. The van der Waals surface area contributed by atoms with Gasteiger partial charge in [0.1, 0.15) is 21.3 Å². The summed E-state index contributed by atoms with van der Waals surface area (Å²) in [5, 5.41) is 3.09. The van der Waals surface area contributed by atoms with E-state index in [0.29, 0.717) is 22.9 Å². The lowest BCUT2D eigenvalue weighted by Gasteiger charge is -2.19. The van der Waals surface area contributed by atoms with Crippen LogP contribution in [0.15, 0.2) is 60.7 Å². The molecule has 51 heavy (non-hydrogen) atoms. The molecule has 0 N–H and O–H groups in total. The monoisotopic (exact) mass is 746 g/mol. The topological polar surface area (TPSA) is 112 Å². The van der Waals surface area contributed by atoms with Crippen molar-refractivity contribution in [3.8, 4) is 23.0 Å². The van der Waals surface area contributed by atoms with E-state index in [1.165, 1.54) is 28.1 Å². The van der Waals surface area contributed by atoms with E-state index in [1.807, 2.05) is 48.5 Å². The Balaban J connectivity index is 1.33. The number of hydrogen-bond donors (Lipinski definition) is 0. The van der Waals surface area contributed by atoms with Crippen molar-refractivity contribution in [2.45, 2.75) is 25.7 Å². The van der Waals surface area contributed by atoms with Crippen molar-refractivity contribution in [1.82, 2.24) is 0 Å². The highest BCUT2D eigenvalue weighted by molar-refractivity contribution is 7.17. The molecular weight excluding hydrogens is 715 g/mol. The molecule has 7 rings (SSSR count). The van der Waals surface area contributed by atoms with Crippen molar-refractivity contribution in [2.24, 2.45) is 0 Å². The molecule has 3 heterocycles. The summed E-state index contributed by atoms with van der Waals surface area (Å²) in [5.41, 5.74) is 2.82. The Labute approximate surface area is 307 Å². The van der Waals surface area contributed by atoms with Gasteiger partial charge in [-0.1, -0.05) is 48.5 Å². The van der Waals surface area contributed by atoms with Gasteiger partial charge in [-0.05, 0) is 21.9 Å². The van der Waals surface area contributed by atoms with Crippen LogP contribution in [0.3, 0.4) is 0 Å². The lowest BCUT2D eigenvalue weighted by molar-refractivity contribution is -0.132. The Morgan fingerprint density at radius 3 is 1.37 bits per heavy atom. The van der Waals surface area contributed by atoms with E-state index in [4.69, 9.17) is 42.1 Å². The summed E-state index contributed by atoms with van der Waals surface area (Å²) in [5.74, 6) is -0.957. The molecule has 0 spiro atoms. The van der Waals surface area contributed by atoms with Crippen LogP contribution in [-0.4, -0.2) is 62.8 Å². The standard InChI is InChI=1S/C38H32Cl2N2O8S/c1-19(43)49-29-13-27-31(25-11-7-5-9-23(25)29)21(15-39)17-41(27)37(45)35-33(47-3)34(48-4)36(51-35)38(46)42-18-22(16-40)32-26-12-8-6-10-24(26)30(14-28(32)42)50-20(2)44/h5-14,21-22H,15-18H2,1-4H3. The van der Waals surface area contributed by atoms with Crippen LogP contribution in [0.4, 0.5) is 11.4 Å². The van der Waals surface area contributed by atoms with E-state index in [1.54, 1.807) is 21.9 Å². The van der Waals surface area contributed by atoms with Gasteiger partial charge in [-0.25, -0.2) is 0 Å². The number of thiophene rings is 1. The molecule has 5 aromatic rings. The van der Waals surface area contributed by atoms with Gasteiger partial charge in [-0.3, -0.25) is 19.2 Å². The van der Waals surface area contributed by atoms with Crippen molar-refractivity contribution in [3.05, 3.63) is 81.5 Å². The van der Waals surface area contributed by atoms with E-state index in [0.717, 1.165) is 44.0 Å². The van der Waals surface area contributed by atoms with Gasteiger partial charge in [0.15, 0.2) is 11.5 Å². The molecule has 2 unspecified atom stereocenters. The third-order valence-electron chi connectivity index (χ3n) is 9.25. The molecule has 2 aliphatic rings. The molecule has 4 aromatic carbocycles. The van der Waals surface area contributed by atoms with Gasteiger partial charge in [0.2, 0.25) is 0 Å². The van der Waals surface area contributed by atoms with E-state index in [9.17, 15) is 19.2 Å². The quantitative estimate of drug-likeness (QED) is 0.0896. The Morgan fingerprint density at radius 1 is 0.667 bits per heavy atom. The third-order valence-corrected chi connectivity index (χ3v) is 11.1. The van der Waals surface area contributed by atoms with Crippen molar-refractivity contribution in [2.75, 3.05) is 48.9 Å². The fourth-order valence-electron chi connectivity index (χ4n) is 7.24. The highest BCUT2D eigenvalue weighted by atomic mass is 35.5. The maximum atomic E-state index is 14.6. The number of methoxy groups -OCH3 is 2. The molecule has 2 aliphatic heterocycles. The molecule has 0 bridgehead atoms. The summed E-state index contributed by atoms with van der Waals surface area (Å²) >= 11 is 13.9. The third kappa shape index (κ3) is 5.73. The smallest absolute Gasteiger partial charge is 0.308 e. The normalized spacial score (nSPS) is 16.3. The molecule has 0 saturated heterocycles. The maximum Gasteiger partial charge on any atom is 0.308 e. The Morgan fingerprint density at radius 2 is 1.04 bits per heavy atom. The van der Waals surface area contributed by atoms with Crippen molar-refractivity contribution < 1.29 is 38.1 Å². The molecule has 10 nitrogen and oxygen atoms in total. The highest BCUT2D eigenvalue weighted by Gasteiger charge is 2.41. The number of fused-ring (bicyclic) bond motifs is 6. The largest absolute Gasteiger partial charge is 0.491 e. The number of carbonyl (C=O) groups excluding carboxylic acids is 4. The minimum Gasteiger partial charge on any atom is -0.491 e. The number of nitrogens with zero attached hydrogens (tertiary/aromatic N) is 2. The summed E-state index contributed by atoms with van der Waals surface area (Å²) < 4.78 is 22.7.